The van der Waals surface area contributed by atoms with Gasteiger partial charge in [0.25, 0.3) is 5.91 Å². The van der Waals surface area contributed by atoms with Gasteiger partial charge >= 0.3 is 5.97 Å². The Kier molecular flexibility index (Phi) is 4.60. The molecule has 0 aliphatic heterocycles. The molecule has 1 amide bonds. The van der Waals surface area contributed by atoms with E-state index in [1.54, 1.807) is 35.7 Å². The quantitative estimate of drug-likeness (QED) is 0.889. The zero-order valence-electron chi connectivity index (χ0n) is 10.1. The van der Waals surface area contributed by atoms with E-state index in [1.807, 2.05) is 0 Å². The number of halogens is 1. The Morgan fingerprint density at radius 1 is 1.30 bits per heavy atom. The summed E-state index contributed by atoms with van der Waals surface area (Å²) in [7, 11) is 0. The predicted molar refractivity (Wildman–Crippen MR) is 76.9 cm³/mol. The van der Waals surface area contributed by atoms with Gasteiger partial charge in [-0.2, -0.15) is 0 Å². The van der Waals surface area contributed by atoms with Crippen LogP contribution in [0.5, 0.6) is 5.75 Å². The number of hydrogen-bond donors (Lipinski definition) is 2. The summed E-state index contributed by atoms with van der Waals surface area (Å²) in [6, 6.07) is 8.23. The number of aliphatic carboxylic acids is 1. The van der Waals surface area contributed by atoms with E-state index in [0.29, 0.717) is 15.6 Å². The molecule has 1 heterocycles. The lowest BCUT2D eigenvalue weighted by Crippen LogP contribution is -2.14. The van der Waals surface area contributed by atoms with Crippen molar-refractivity contribution in [3.63, 3.8) is 0 Å². The highest BCUT2D eigenvalue weighted by molar-refractivity contribution is 7.12. The summed E-state index contributed by atoms with van der Waals surface area (Å²) in [6.45, 7) is -0.480. The number of amides is 1. The van der Waals surface area contributed by atoms with Crippen molar-refractivity contribution in [3.8, 4) is 5.75 Å². The van der Waals surface area contributed by atoms with Gasteiger partial charge in [0.05, 0.1) is 10.7 Å². The van der Waals surface area contributed by atoms with Crippen molar-refractivity contribution in [2.45, 2.75) is 0 Å². The van der Waals surface area contributed by atoms with Crippen molar-refractivity contribution in [2.24, 2.45) is 0 Å². The number of carbonyl (C=O) groups is 2. The largest absolute Gasteiger partial charge is 0.480 e. The van der Waals surface area contributed by atoms with Gasteiger partial charge in [0.1, 0.15) is 10.6 Å². The third-order valence-electron chi connectivity index (χ3n) is 2.31. The number of anilines is 1. The minimum atomic E-state index is -1.09. The second-order valence-electron chi connectivity index (χ2n) is 3.73. The fourth-order valence-electron chi connectivity index (χ4n) is 1.47. The molecule has 0 radical (unpaired) electrons. The second kappa shape index (κ2) is 6.40. The number of thiophene rings is 1. The van der Waals surface area contributed by atoms with E-state index in [-0.39, 0.29) is 11.7 Å². The molecule has 0 aliphatic carbocycles. The van der Waals surface area contributed by atoms with Gasteiger partial charge in [0, 0.05) is 0 Å². The van der Waals surface area contributed by atoms with Gasteiger partial charge in [0.2, 0.25) is 0 Å². The second-order valence-corrected chi connectivity index (χ2v) is 5.05. The molecule has 0 saturated carbocycles. The minimum absolute atomic E-state index is 0.288. The molecule has 0 saturated heterocycles. The highest BCUT2D eigenvalue weighted by atomic mass is 35.5. The fraction of sp³-hybridized carbons (Fsp3) is 0.0769. The monoisotopic (exact) mass is 311 g/mol. The number of nitrogens with one attached hydrogen (secondary N) is 1. The maximum absolute atomic E-state index is 12.0. The molecule has 0 atom stereocenters. The van der Waals surface area contributed by atoms with Gasteiger partial charge in [-0.05, 0) is 23.6 Å². The molecule has 0 unspecified atom stereocenters. The van der Waals surface area contributed by atoms with Crippen molar-refractivity contribution >= 4 is 40.5 Å². The first-order valence-corrected chi connectivity index (χ1v) is 6.81. The number of carbonyl (C=O) groups excluding carboxylic acids is 1. The van der Waals surface area contributed by atoms with E-state index in [4.69, 9.17) is 21.4 Å². The third-order valence-corrected chi connectivity index (χ3v) is 3.65. The molecule has 7 heteroatoms. The van der Waals surface area contributed by atoms with Crippen LogP contribution in [0, 0.1) is 0 Å². The molecule has 5 nitrogen and oxygen atoms in total. The average molecular weight is 312 g/mol. The van der Waals surface area contributed by atoms with E-state index in [2.05, 4.69) is 5.32 Å². The molecule has 20 heavy (non-hydrogen) atoms. The van der Waals surface area contributed by atoms with Crippen molar-refractivity contribution in [2.75, 3.05) is 11.9 Å². The van der Waals surface area contributed by atoms with Crippen LogP contribution in [0.25, 0.3) is 0 Å². The van der Waals surface area contributed by atoms with Gasteiger partial charge in [-0.3, -0.25) is 4.79 Å². The highest BCUT2D eigenvalue weighted by Crippen LogP contribution is 2.27. The van der Waals surface area contributed by atoms with Crippen molar-refractivity contribution in [1.29, 1.82) is 0 Å². The molecule has 1 aromatic carbocycles. The summed E-state index contributed by atoms with van der Waals surface area (Å²) in [6.07, 6.45) is 0. The molecule has 1 aromatic heterocycles. The number of para-hydroxylation sites is 2. The molecule has 2 N–H and O–H groups in total. The summed E-state index contributed by atoms with van der Waals surface area (Å²) in [5.74, 6) is -1.17. The van der Waals surface area contributed by atoms with Gasteiger partial charge in [-0.25, -0.2) is 4.79 Å². The van der Waals surface area contributed by atoms with Gasteiger partial charge in [0.15, 0.2) is 6.61 Å². The first kappa shape index (κ1) is 14.4. The molecule has 0 spiro atoms. The topological polar surface area (TPSA) is 75.6 Å². The van der Waals surface area contributed by atoms with Crippen LogP contribution < -0.4 is 10.1 Å². The number of ether oxygens (including phenoxy) is 1. The lowest BCUT2D eigenvalue weighted by Gasteiger charge is -2.10. The zero-order valence-corrected chi connectivity index (χ0v) is 11.7. The summed E-state index contributed by atoms with van der Waals surface area (Å²) in [4.78, 5) is 22.9. The van der Waals surface area contributed by atoms with Crippen molar-refractivity contribution in [3.05, 3.63) is 45.6 Å². The van der Waals surface area contributed by atoms with E-state index < -0.39 is 12.6 Å². The van der Waals surface area contributed by atoms with Crippen molar-refractivity contribution in [1.82, 2.24) is 0 Å². The van der Waals surface area contributed by atoms with Gasteiger partial charge in [-0.15, -0.1) is 11.3 Å². The standard InChI is InChI=1S/C13H10ClNO4S/c14-8-5-6-20-12(8)13(18)15-9-3-1-2-4-10(9)19-7-11(16)17/h1-6H,7H2,(H,15,18)(H,16,17). The summed E-state index contributed by atoms with van der Waals surface area (Å²) in [5, 5.41) is 13.3. The van der Waals surface area contributed by atoms with E-state index in [9.17, 15) is 9.59 Å². The summed E-state index contributed by atoms with van der Waals surface area (Å²) >= 11 is 7.11. The van der Waals surface area contributed by atoms with Gasteiger partial charge in [-0.1, -0.05) is 23.7 Å². The number of hydrogen-bond acceptors (Lipinski definition) is 4. The molecule has 2 rings (SSSR count). The van der Waals surface area contributed by atoms with Crippen LogP contribution >= 0.6 is 22.9 Å². The van der Waals surface area contributed by atoms with E-state index in [1.165, 1.54) is 11.3 Å². The molecule has 0 fully saturated rings. The Balaban J connectivity index is 2.15. The number of rotatable bonds is 5. The van der Waals surface area contributed by atoms with Crippen LogP contribution in [0.3, 0.4) is 0 Å². The van der Waals surface area contributed by atoms with E-state index in [0.717, 1.165) is 0 Å². The number of carboxylic acid groups (broad SMARTS) is 1. The molecule has 0 bridgehead atoms. The number of benzene rings is 1. The first-order valence-electron chi connectivity index (χ1n) is 5.56. The lowest BCUT2D eigenvalue weighted by molar-refractivity contribution is -0.139. The third kappa shape index (κ3) is 3.49. The Labute approximate surface area is 123 Å². The lowest BCUT2D eigenvalue weighted by atomic mass is 10.3. The first-order chi connectivity index (χ1) is 9.58. The Hall–Kier alpha value is -2.05. The van der Waals surface area contributed by atoms with Crippen molar-refractivity contribution < 1.29 is 19.4 Å². The van der Waals surface area contributed by atoms with Gasteiger partial charge < -0.3 is 15.2 Å². The Morgan fingerprint density at radius 2 is 2.05 bits per heavy atom. The Bertz CT molecular complexity index is 641. The van der Waals surface area contributed by atoms with Crippen LogP contribution in [0.2, 0.25) is 5.02 Å². The molecular formula is C13H10ClNO4S. The smallest absolute Gasteiger partial charge is 0.341 e. The highest BCUT2D eigenvalue weighted by Gasteiger charge is 2.14. The maximum Gasteiger partial charge on any atom is 0.341 e. The molecule has 104 valence electrons. The molecule has 2 aromatic rings. The Morgan fingerprint density at radius 3 is 2.70 bits per heavy atom. The SMILES string of the molecule is O=C(O)COc1ccccc1NC(=O)c1sccc1Cl. The van der Waals surface area contributed by atoms with Crippen LogP contribution in [0.1, 0.15) is 9.67 Å². The summed E-state index contributed by atoms with van der Waals surface area (Å²) in [5.41, 5.74) is 0.392. The molecular weight excluding hydrogens is 302 g/mol. The minimum Gasteiger partial charge on any atom is -0.480 e. The predicted octanol–water partition coefficient (Wildman–Crippen LogP) is 3.12. The molecule has 0 aliphatic rings. The van der Waals surface area contributed by atoms with Crippen LogP contribution in [0.15, 0.2) is 35.7 Å². The fourth-order valence-corrected chi connectivity index (χ4v) is 2.51. The zero-order chi connectivity index (χ0) is 14.5. The average Bonchev–Trinajstić information content (AvgIpc) is 2.84. The maximum atomic E-state index is 12.0. The summed E-state index contributed by atoms with van der Waals surface area (Å²) < 4.78 is 5.10. The van der Waals surface area contributed by atoms with Crippen LogP contribution in [-0.2, 0) is 4.79 Å². The van der Waals surface area contributed by atoms with E-state index >= 15 is 0 Å². The van der Waals surface area contributed by atoms with Crippen LogP contribution in [0.4, 0.5) is 5.69 Å². The van der Waals surface area contributed by atoms with Crippen LogP contribution in [-0.4, -0.2) is 23.6 Å². The number of carboxylic acids is 1. The normalized spacial score (nSPS) is 10.1.